The van der Waals surface area contributed by atoms with Crippen molar-refractivity contribution < 1.29 is 4.79 Å². The van der Waals surface area contributed by atoms with Crippen LogP contribution in [0.25, 0.3) is 0 Å². The quantitative estimate of drug-likeness (QED) is 0.765. The molecular formula is C13H22N4O. The van der Waals surface area contributed by atoms with Crippen LogP contribution in [0.4, 0.5) is 5.82 Å². The molecule has 2 rings (SSSR count). The van der Waals surface area contributed by atoms with E-state index in [1.165, 1.54) is 6.42 Å². The largest absolute Gasteiger partial charge is 0.308 e. The number of nitrogens with one attached hydrogen (secondary N) is 3. The van der Waals surface area contributed by atoms with Crippen molar-refractivity contribution in [2.45, 2.75) is 46.1 Å². The highest BCUT2D eigenvalue weighted by Crippen LogP contribution is 2.21. The fourth-order valence-electron chi connectivity index (χ4n) is 2.38. The maximum atomic E-state index is 12.2. The maximum Gasteiger partial charge on any atom is 0.242 e. The lowest BCUT2D eigenvalue weighted by Gasteiger charge is -2.28. The molecule has 0 spiro atoms. The van der Waals surface area contributed by atoms with E-state index in [-0.39, 0.29) is 11.9 Å². The second-order valence-electron chi connectivity index (χ2n) is 5.12. The lowest BCUT2D eigenvalue weighted by atomic mass is 9.90. The van der Waals surface area contributed by atoms with Crippen LogP contribution < -0.4 is 10.6 Å². The molecule has 1 amide bonds. The van der Waals surface area contributed by atoms with Gasteiger partial charge in [-0.3, -0.25) is 9.89 Å². The molecule has 1 fully saturated rings. The third kappa shape index (κ3) is 2.72. The zero-order valence-electron chi connectivity index (χ0n) is 11.3. The van der Waals surface area contributed by atoms with Crippen LogP contribution in [-0.2, 0) is 4.79 Å². The Kier molecular flexibility index (Phi) is 4.01. The van der Waals surface area contributed by atoms with Crippen molar-refractivity contribution in [2.24, 2.45) is 5.92 Å². The van der Waals surface area contributed by atoms with Gasteiger partial charge in [-0.2, -0.15) is 5.10 Å². The van der Waals surface area contributed by atoms with Gasteiger partial charge in [0.15, 0.2) is 5.82 Å². The van der Waals surface area contributed by atoms with Gasteiger partial charge in [-0.05, 0) is 39.2 Å². The van der Waals surface area contributed by atoms with Crippen LogP contribution in [0.5, 0.6) is 0 Å². The molecule has 0 aromatic carbocycles. The monoisotopic (exact) mass is 250 g/mol. The Labute approximate surface area is 108 Å². The van der Waals surface area contributed by atoms with Crippen molar-refractivity contribution in [2.75, 3.05) is 11.9 Å². The van der Waals surface area contributed by atoms with Gasteiger partial charge in [-0.1, -0.05) is 13.3 Å². The van der Waals surface area contributed by atoms with Crippen LogP contribution in [0, 0.1) is 19.8 Å². The molecule has 100 valence electrons. The molecule has 2 unspecified atom stereocenters. The van der Waals surface area contributed by atoms with E-state index in [4.69, 9.17) is 0 Å². The van der Waals surface area contributed by atoms with Crippen LogP contribution in [0.15, 0.2) is 0 Å². The van der Waals surface area contributed by atoms with Crippen LogP contribution in [0.2, 0.25) is 0 Å². The highest BCUT2D eigenvalue weighted by molar-refractivity contribution is 5.94. The zero-order valence-corrected chi connectivity index (χ0v) is 11.3. The van der Waals surface area contributed by atoms with Crippen molar-refractivity contribution in [3.63, 3.8) is 0 Å². The minimum absolute atomic E-state index is 0.0303. The molecule has 5 nitrogen and oxygen atoms in total. The number of rotatable bonds is 3. The second-order valence-corrected chi connectivity index (χ2v) is 5.12. The highest BCUT2D eigenvalue weighted by atomic mass is 16.2. The number of hydrogen-bond acceptors (Lipinski definition) is 3. The van der Waals surface area contributed by atoms with Gasteiger partial charge in [0.1, 0.15) is 0 Å². The predicted octanol–water partition coefficient (Wildman–Crippen LogP) is 1.74. The number of aryl methyl sites for hydroxylation is 1. The molecular weight excluding hydrogens is 228 g/mol. The molecule has 2 atom stereocenters. The average Bonchev–Trinajstić information content (AvgIpc) is 2.71. The summed E-state index contributed by atoms with van der Waals surface area (Å²) in [6, 6.07) is -0.0832. The van der Waals surface area contributed by atoms with Crippen LogP contribution in [-0.4, -0.2) is 28.7 Å². The smallest absolute Gasteiger partial charge is 0.242 e. The number of H-pyrrole nitrogens is 1. The number of carbonyl (C=O) groups is 1. The standard InChI is InChI=1S/C13H22N4O/c1-4-10-5-6-14-11(7-10)13(18)15-12-8(2)9(3)16-17-12/h10-11,14H,4-7H2,1-3H3,(H2,15,16,17,18). The van der Waals surface area contributed by atoms with E-state index in [9.17, 15) is 4.79 Å². The lowest BCUT2D eigenvalue weighted by Crippen LogP contribution is -2.46. The first-order chi connectivity index (χ1) is 8.61. The molecule has 1 aromatic heterocycles. The SMILES string of the molecule is CCC1CCNC(C(=O)Nc2n[nH]c(C)c2C)C1. The third-order valence-corrected chi connectivity index (χ3v) is 3.90. The number of aromatic nitrogens is 2. The van der Waals surface area contributed by atoms with Crippen LogP contribution in [0.3, 0.4) is 0 Å². The fourth-order valence-corrected chi connectivity index (χ4v) is 2.38. The summed E-state index contributed by atoms with van der Waals surface area (Å²) in [6.07, 6.45) is 3.23. The predicted molar refractivity (Wildman–Crippen MR) is 71.5 cm³/mol. The number of amides is 1. The zero-order chi connectivity index (χ0) is 13.1. The van der Waals surface area contributed by atoms with Gasteiger partial charge in [-0.15, -0.1) is 0 Å². The lowest BCUT2D eigenvalue weighted by molar-refractivity contribution is -0.119. The number of anilines is 1. The summed E-state index contributed by atoms with van der Waals surface area (Å²) in [6.45, 7) is 7.02. The van der Waals surface area contributed by atoms with Gasteiger partial charge >= 0.3 is 0 Å². The van der Waals surface area contributed by atoms with E-state index in [0.29, 0.717) is 11.7 Å². The minimum Gasteiger partial charge on any atom is -0.308 e. The summed E-state index contributed by atoms with van der Waals surface area (Å²) < 4.78 is 0. The van der Waals surface area contributed by atoms with Crippen molar-refractivity contribution >= 4 is 11.7 Å². The Bertz CT molecular complexity index is 427. The molecule has 1 saturated heterocycles. The Hall–Kier alpha value is -1.36. The van der Waals surface area contributed by atoms with E-state index in [1.807, 2.05) is 13.8 Å². The summed E-state index contributed by atoms with van der Waals surface area (Å²) in [5.41, 5.74) is 2.00. The van der Waals surface area contributed by atoms with Gasteiger partial charge in [-0.25, -0.2) is 0 Å². The summed E-state index contributed by atoms with van der Waals surface area (Å²) in [5.74, 6) is 1.34. The summed E-state index contributed by atoms with van der Waals surface area (Å²) in [4.78, 5) is 12.2. The molecule has 1 aliphatic heterocycles. The number of carbonyl (C=O) groups excluding carboxylic acids is 1. The summed E-state index contributed by atoms with van der Waals surface area (Å²) in [5, 5.41) is 13.2. The van der Waals surface area contributed by atoms with Gasteiger partial charge in [0.05, 0.1) is 6.04 Å². The number of hydrogen-bond donors (Lipinski definition) is 3. The minimum atomic E-state index is -0.0832. The van der Waals surface area contributed by atoms with E-state index in [2.05, 4.69) is 27.8 Å². The maximum absolute atomic E-state index is 12.2. The average molecular weight is 250 g/mol. The van der Waals surface area contributed by atoms with Gasteiger partial charge < -0.3 is 10.6 Å². The van der Waals surface area contributed by atoms with Gasteiger partial charge in [0, 0.05) is 11.3 Å². The first-order valence-electron chi connectivity index (χ1n) is 6.67. The molecule has 0 saturated carbocycles. The van der Waals surface area contributed by atoms with Gasteiger partial charge in [0.25, 0.3) is 0 Å². The number of nitrogens with zero attached hydrogens (tertiary/aromatic N) is 1. The number of piperidine rings is 1. The highest BCUT2D eigenvalue weighted by Gasteiger charge is 2.26. The molecule has 3 N–H and O–H groups in total. The molecule has 2 heterocycles. The second kappa shape index (κ2) is 5.52. The van der Waals surface area contributed by atoms with Crippen molar-refractivity contribution in [1.82, 2.24) is 15.5 Å². The van der Waals surface area contributed by atoms with Crippen molar-refractivity contribution in [1.29, 1.82) is 0 Å². The van der Waals surface area contributed by atoms with Crippen molar-refractivity contribution in [3.8, 4) is 0 Å². The van der Waals surface area contributed by atoms with E-state index in [1.54, 1.807) is 0 Å². The Morgan fingerprint density at radius 2 is 2.28 bits per heavy atom. The molecule has 1 aromatic rings. The first kappa shape index (κ1) is 13.1. The molecule has 0 radical (unpaired) electrons. The Balaban J connectivity index is 1.97. The van der Waals surface area contributed by atoms with Gasteiger partial charge in [0.2, 0.25) is 5.91 Å². The molecule has 18 heavy (non-hydrogen) atoms. The molecule has 0 aliphatic carbocycles. The Morgan fingerprint density at radius 1 is 1.50 bits per heavy atom. The molecule has 5 heteroatoms. The first-order valence-corrected chi connectivity index (χ1v) is 6.67. The number of aromatic amines is 1. The van der Waals surface area contributed by atoms with Crippen LogP contribution in [0.1, 0.15) is 37.4 Å². The van der Waals surface area contributed by atoms with E-state index < -0.39 is 0 Å². The topological polar surface area (TPSA) is 69.8 Å². The Morgan fingerprint density at radius 3 is 2.89 bits per heavy atom. The fraction of sp³-hybridized carbons (Fsp3) is 0.692. The van der Waals surface area contributed by atoms with Crippen LogP contribution >= 0.6 is 0 Å². The van der Waals surface area contributed by atoms with E-state index in [0.717, 1.165) is 30.6 Å². The third-order valence-electron chi connectivity index (χ3n) is 3.90. The summed E-state index contributed by atoms with van der Waals surface area (Å²) in [7, 11) is 0. The molecule has 1 aliphatic rings. The normalized spacial score (nSPS) is 23.9. The van der Waals surface area contributed by atoms with Crippen molar-refractivity contribution in [3.05, 3.63) is 11.3 Å². The molecule has 0 bridgehead atoms. The summed E-state index contributed by atoms with van der Waals surface area (Å²) >= 11 is 0. The van der Waals surface area contributed by atoms with E-state index >= 15 is 0 Å².